The SMILES string of the molecule is COc1cc(CO)ccc1OCc1ccc(Cl)c(N)c1. The van der Waals surface area contributed by atoms with Crippen molar-refractivity contribution < 1.29 is 14.6 Å². The van der Waals surface area contributed by atoms with E-state index in [1.807, 2.05) is 6.07 Å². The van der Waals surface area contributed by atoms with E-state index >= 15 is 0 Å². The maximum Gasteiger partial charge on any atom is 0.161 e. The molecule has 0 heterocycles. The third kappa shape index (κ3) is 3.35. The molecule has 20 heavy (non-hydrogen) atoms. The Kier molecular flexibility index (Phi) is 4.71. The number of anilines is 1. The molecule has 0 saturated carbocycles. The van der Waals surface area contributed by atoms with Crippen LogP contribution in [0.5, 0.6) is 11.5 Å². The van der Waals surface area contributed by atoms with Gasteiger partial charge in [-0.2, -0.15) is 0 Å². The molecule has 2 aromatic carbocycles. The molecule has 0 aromatic heterocycles. The highest BCUT2D eigenvalue weighted by molar-refractivity contribution is 6.33. The highest BCUT2D eigenvalue weighted by Crippen LogP contribution is 2.29. The van der Waals surface area contributed by atoms with Gasteiger partial charge < -0.3 is 20.3 Å². The lowest BCUT2D eigenvalue weighted by atomic mass is 10.2. The van der Waals surface area contributed by atoms with Crippen molar-refractivity contribution in [2.45, 2.75) is 13.2 Å². The molecule has 0 radical (unpaired) electrons. The monoisotopic (exact) mass is 293 g/mol. The summed E-state index contributed by atoms with van der Waals surface area (Å²) in [5.74, 6) is 1.19. The Morgan fingerprint density at radius 3 is 2.50 bits per heavy atom. The second-order valence-corrected chi connectivity index (χ2v) is 4.70. The Morgan fingerprint density at radius 2 is 1.85 bits per heavy atom. The first-order valence-electron chi connectivity index (χ1n) is 6.08. The van der Waals surface area contributed by atoms with Gasteiger partial charge in [0.1, 0.15) is 6.61 Å². The Hall–Kier alpha value is -1.91. The molecule has 0 saturated heterocycles. The lowest BCUT2D eigenvalue weighted by Crippen LogP contribution is -1.99. The van der Waals surface area contributed by atoms with Gasteiger partial charge in [0, 0.05) is 0 Å². The maximum absolute atomic E-state index is 9.09. The van der Waals surface area contributed by atoms with Gasteiger partial charge in [0.2, 0.25) is 0 Å². The average molecular weight is 294 g/mol. The zero-order valence-corrected chi connectivity index (χ0v) is 11.9. The molecule has 0 fully saturated rings. The van der Waals surface area contributed by atoms with E-state index in [1.54, 1.807) is 37.4 Å². The fraction of sp³-hybridized carbons (Fsp3) is 0.200. The lowest BCUT2D eigenvalue weighted by Gasteiger charge is -2.12. The van der Waals surface area contributed by atoms with Crippen molar-refractivity contribution in [2.24, 2.45) is 0 Å². The van der Waals surface area contributed by atoms with Crippen molar-refractivity contribution in [1.29, 1.82) is 0 Å². The van der Waals surface area contributed by atoms with Gasteiger partial charge in [-0.3, -0.25) is 0 Å². The van der Waals surface area contributed by atoms with Crippen LogP contribution in [0.15, 0.2) is 36.4 Å². The average Bonchev–Trinajstić information content (AvgIpc) is 2.48. The summed E-state index contributed by atoms with van der Waals surface area (Å²) in [7, 11) is 1.56. The predicted molar refractivity (Wildman–Crippen MR) is 79.1 cm³/mol. The van der Waals surface area contributed by atoms with Crippen molar-refractivity contribution in [1.82, 2.24) is 0 Å². The van der Waals surface area contributed by atoms with Crippen LogP contribution in [0, 0.1) is 0 Å². The van der Waals surface area contributed by atoms with Crippen LogP contribution in [0.25, 0.3) is 0 Å². The summed E-state index contributed by atoms with van der Waals surface area (Å²) in [6.45, 7) is 0.320. The van der Waals surface area contributed by atoms with Crippen LogP contribution in [0.4, 0.5) is 5.69 Å². The van der Waals surface area contributed by atoms with Gasteiger partial charge in [-0.05, 0) is 35.4 Å². The Labute approximate surface area is 122 Å². The summed E-state index contributed by atoms with van der Waals surface area (Å²) in [6.07, 6.45) is 0. The fourth-order valence-electron chi connectivity index (χ4n) is 1.77. The molecular formula is C15H16ClNO3. The molecule has 0 aliphatic heterocycles. The fourth-order valence-corrected chi connectivity index (χ4v) is 1.89. The minimum atomic E-state index is -0.0373. The molecule has 0 spiro atoms. The van der Waals surface area contributed by atoms with Crippen molar-refractivity contribution in [3.8, 4) is 11.5 Å². The summed E-state index contributed by atoms with van der Waals surface area (Å²) in [6, 6.07) is 10.7. The maximum atomic E-state index is 9.09. The molecule has 0 unspecified atom stereocenters. The van der Waals surface area contributed by atoms with Crippen molar-refractivity contribution in [3.05, 3.63) is 52.5 Å². The van der Waals surface area contributed by atoms with Crippen molar-refractivity contribution in [3.63, 3.8) is 0 Å². The summed E-state index contributed by atoms with van der Waals surface area (Å²) in [4.78, 5) is 0. The molecule has 2 rings (SSSR count). The number of hydrogen-bond acceptors (Lipinski definition) is 4. The highest BCUT2D eigenvalue weighted by Gasteiger charge is 2.06. The highest BCUT2D eigenvalue weighted by atomic mass is 35.5. The standard InChI is InChI=1S/C15H16ClNO3/c1-19-15-7-10(8-18)3-5-14(15)20-9-11-2-4-12(16)13(17)6-11/h2-7,18H,8-9,17H2,1H3. The van der Waals surface area contributed by atoms with E-state index < -0.39 is 0 Å². The number of ether oxygens (including phenoxy) is 2. The van der Waals surface area contributed by atoms with Gasteiger partial charge in [0.15, 0.2) is 11.5 Å². The summed E-state index contributed by atoms with van der Waals surface area (Å²) in [5.41, 5.74) is 7.95. The van der Waals surface area contributed by atoms with Gasteiger partial charge in [-0.25, -0.2) is 0 Å². The Balaban J connectivity index is 2.12. The number of nitrogens with two attached hydrogens (primary N) is 1. The van der Waals surface area contributed by atoms with Gasteiger partial charge in [0.05, 0.1) is 24.4 Å². The molecule has 5 heteroatoms. The van der Waals surface area contributed by atoms with Gasteiger partial charge in [-0.15, -0.1) is 0 Å². The van der Waals surface area contributed by atoms with Gasteiger partial charge in [0.25, 0.3) is 0 Å². The largest absolute Gasteiger partial charge is 0.493 e. The van der Waals surface area contributed by atoms with Crippen molar-refractivity contribution in [2.75, 3.05) is 12.8 Å². The Morgan fingerprint density at radius 1 is 1.10 bits per heavy atom. The number of aliphatic hydroxyl groups excluding tert-OH is 1. The number of nitrogen functional groups attached to an aromatic ring is 1. The first-order chi connectivity index (χ1) is 9.63. The van der Waals surface area contributed by atoms with E-state index in [0.29, 0.717) is 28.8 Å². The van der Waals surface area contributed by atoms with Crippen LogP contribution in [0.2, 0.25) is 5.02 Å². The molecule has 3 N–H and O–H groups in total. The quantitative estimate of drug-likeness (QED) is 0.832. The van der Waals surface area contributed by atoms with Crippen LogP contribution in [-0.2, 0) is 13.2 Å². The van der Waals surface area contributed by atoms with Crippen LogP contribution in [0.1, 0.15) is 11.1 Å². The lowest BCUT2D eigenvalue weighted by molar-refractivity contribution is 0.274. The number of halogens is 1. The second-order valence-electron chi connectivity index (χ2n) is 4.29. The smallest absolute Gasteiger partial charge is 0.161 e. The topological polar surface area (TPSA) is 64.7 Å². The number of benzene rings is 2. The molecular weight excluding hydrogens is 278 g/mol. The molecule has 0 aliphatic carbocycles. The number of aliphatic hydroxyl groups is 1. The van der Waals surface area contributed by atoms with Crippen molar-refractivity contribution >= 4 is 17.3 Å². The zero-order chi connectivity index (χ0) is 14.5. The van der Waals surface area contributed by atoms with E-state index in [2.05, 4.69) is 0 Å². The van der Waals surface area contributed by atoms with E-state index in [0.717, 1.165) is 11.1 Å². The zero-order valence-electron chi connectivity index (χ0n) is 11.1. The molecule has 0 aliphatic rings. The number of rotatable bonds is 5. The first kappa shape index (κ1) is 14.5. The summed E-state index contributed by atoms with van der Waals surface area (Å²) >= 11 is 5.87. The van der Waals surface area contributed by atoms with E-state index in [9.17, 15) is 0 Å². The molecule has 0 atom stereocenters. The van der Waals surface area contributed by atoms with E-state index in [1.165, 1.54) is 0 Å². The van der Waals surface area contributed by atoms with Gasteiger partial charge >= 0.3 is 0 Å². The summed E-state index contributed by atoms with van der Waals surface area (Å²) < 4.78 is 10.9. The number of hydrogen-bond donors (Lipinski definition) is 2. The third-order valence-electron chi connectivity index (χ3n) is 2.87. The predicted octanol–water partition coefficient (Wildman–Crippen LogP) is 3.00. The first-order valence-corrected chi connectivity index (χ1v) is 6.46. The number of methoxy groups -OCH3 is 1. The van der Waals surface area contributed by atoms with Crippen LogP contribution in [-0.4, -0.2) is 12.2 Å². The molecule has 4 nitrogen and oxygen atoms in total. The normalized spacial score (nSPS) is 10.3. The minimum absolute atomic E-state index is 0.0373. The molecule has 106 valence electrons. The Bertz CT molecular complexity index is 602. The van der Waals surface area contributed by atoms with Crippen LogP contribution < -0.4 is 15.2 Å². The summed E-state index contributed by atoms with van der Waals surface area (Å²) in [5, 5.41) is 9.62. The molecule has 0 bridgehead atoms. The van der Waals surface area contributed by atoms with E-state index in [-0.39, 0.29) is 6.61 Å². The van der Waals surface area contributed by atoms with E-state index in [4.69, 9.17) is 31.9 Å². The van der Waals surface area contributed by atoms with Crippen LogP contribution >= 0.6 is 11.6 Å². The van der Waals surface area contributed by atoms with Crippen LogP contribution in [0.3, 0.4) is 0 Å². The van der Waals surface area contributed by atoms with Gasteiger partial charge in [-0.1, -0.05) is 23.7 Å². The molecule has 0 amide bonds. The molecule has 2 aromatic rings. The third-order valence-corrected chi connectivity index (χ3v) is 3.21. The minimum Gasteiger partial charge on any atom is -0.493 e. The second kappa shape index (κ2) is 6.50.